The van der Waals surface area contributed by atoms with Crippen molar-refractivity contribution in [2.24, 2.45) is 0 Å². The number of hydrogen-bond acceptors (Lipinski definition) is 5. The molecule has 0 bridgehead atoms. The van der Waals surface area contributed by atoms with Crippen molar-refractivity contribution in [3.63, 3.8) is 0 Å². The van der Waals surface area contributed by atoms with Crippen molar-refractivity contribution in [1.82, 2.24) is 10.6 Å². The number of rotatable bonds is 11. The highest BCUT2D eigenvalue weighted by atomic mass is 16.5. The van der Waals surface area contributed by atoms with Crippen molar-refractivity contribution in [1.29, 1.82) is 0 Å². The first-order chi connectivity index (χ1) is 15.9. The van der Waals surface area contributed by atoms with E-state index in [1.807, 2.05) is 24.3 Å². The largest absolute Gasteiger partial charge is 0.481 e. The highest BCUT2D eigenvalue weighted by Gasteiger charge is 2.29. The number of amides is 2. The molecule has 0 aromatic heterocycles. The number of alkyl carbamates (subject to hydrolysis) is 1. The van der Waals surface area contributed by atoms with E-state index in [2.05, 4.69) is 34.9 Å². The van der Waals surface area contributed by atoms with Crippen molar-refractivity contribution >= 4 is 18.0 Å². The van der Waals surface area contributed by atoms with Crippen LogP contribution >= 0.6 is 0 Å². The normalized spacial score (nSPS) is 14.0. The van der Waals surface area contributed by atoms with Crippen LogP contribution in [0.25, 0.3) is 11.1 Å². The molecule has 2 unspecified atom stereocenters. The molecule has 176 valence electrons. The number of carboxylic acids is 1. The van der Waals surface area contributed by atoms with Crippen molar-refractivity contribution < 1.29 is 29.0 Å². The molecule has 0 spiro atoms. The van der Waals surface area contributed by atoms with Crippen LogP contribution in [0.2, 0.25) is 0 Å². The van der Waals surface area contributed by atoms with Crippen LogP contribution in [0, 0.1) is 0 Å². The van der Waals surface area contributed by atoms with Gasteiger partial charge in [0.05, 0.1) is 18.9 Å². The van der Waals surface area contributed by atoms with Gasteiger partial charge < -0.3 is 25.2 Å². The van der Waals surface area contributed by atoms with Crippen molar-refractivity contribution in [2.75, 3.05) is 19.8 Å². The van der Waals surface area contributed by atoms with Crippen LogP contribution in [-0.4, -0.2) is 55.0 Å². The summed E-state index contributed by atoms with van der Waals surface area (Å²) in [6.45, 7) is 4.09. The number of fused-ring (bicyclic) bond motifs is 3. The predicted octanol–water partition coefficient (Wildman–Crippen LogP) is 3.30. The summed E-state index contributed by atoms with van der Waals surface area (Å²) in [7, 11) is 0. The van der Waals surface area contributed by atoms with E-state index in [0.29, 0.717) is 6.61 Å². The van der Waals surface area contributed by atoms with Crippen LogP contribution in [0.4, 0.5) is 4.79 Å². The summed E-state index contributed by atoms with van der Waals surface area (Å²) >= 11 is 0. The summed E-state index contributed by atoms with van der Waals surface area (Å²) in [6, 6.07) is 15.7. The molecule has 0 heterocycles. The molecule has 3 N–H and O–H groups in total. The average molecular weight is 455 g/mol. The molecule has 0 aliphatic heterocycles. The summed E-state index contributed by atoms with van der Waals surface area (Å²) < 4.78 is 11.1. The average Bonchev–Trinajstić information content (AvgIpc) is 3.09. The summed E-state index contributed by atoms with van der Waals surface area (Å²) in [5, 5.41) is 14.1. The van der Waals surface area contributed by atoms with Crippen LogP contribution in [0.1, 0.15) is 43.7 Å². The lowest BCUT2D eigenvalue weighted by Gasteiger charge is -2.19. The Bertz CT molecular complexity index is 947. The summed E-state index contributed by atoms with van der Waals surface area (Å²) in [4.78, 5) is 35.3. The lowest BCUT2D eigenvalue weighted by molar-refractivity contribution is -0.137. The Kier molecular flexibility index (Phi) is 8.43. The Morgan fingerprint density at radius 2 is 1.61 bits per heavy atom. The maximum atomic E-state index is 12.4. The van der Waals surface area contributed by atoms with Gasteiger partial charge in [-0.15, -0.1) is 0 Å². The fourth-order valence-corrected chi connectivity index (χ4v) is 4.13. The van der Waals surface area contributed by atoms with Crippen LogP contribution in [0.15, 0.2) is 48.5 Å². The molecule has 2 aromatic rings. The highest BCUT2D eigenvalue weighted by Crippen LogP contribution is 2.44. The van der Waals surface area contributed by atoms with Gasteiger partial charge in [0.1, 0.15) is 6.61 Å². The summed E-state index contributed by atoms with van der Waals surface area (Å²) in [5.41, 5.74) is 4.57. The van der Waals surface area contributed by atoms with Gasteiger partial charge in [-0.1, -0.05) is 48.5 Å². The molecule has 1 aliphatic carbocycles. The second-order valence-corrected chi connectivity index (χ2v) is 8.05. The quantitative estimate of drug-likeness (QED) is 0.480. The Morgan fingerprint density at radius 3 is 2.18 bits per heavy atom. The molecule has 2 atom stereocenters. The van der Waals surface area contributed by atoms with E-state index < -0.39 is 24.2 Å². The van der Waals surface area contributed by atoms with E-state index in [1.165, 1.54) is 0 Å². The van der Waals surface area contributed by atoms with Gasteiger partial charge in [-0.25, -0.2) is 4.79 Å². The second-order valence-electron chi connectivity index (χ2n) is 8.05. The molecule has 0 saturated carbocycles. The number of benzene rings is 2. The topological polar surface area (TPSA) is 114 Å². The zero-order chi connectivity index (χ0) is 23.8. The van der Waals surface area contributed by atoms with E-state index in [4.69, 9.17) is 14.6 Å². The Balaban J connectivity index is 1.51. The molecule has 0 fully saturated rings. The molecule has 33 heavy (non-hydrogen) atoms. The minimum absolute atomic E-state index is 0.00144. The van der Waals surface area contributed by atoms with Gasteiger partial charge in [0, 0.05) is 25.1 Å². The Morgan fingerprint density at radius 1 is 1.00 bits per heavy atom. The minimum atomic E-state index is -0.985. The van der Waals surface area contributed by atoms with Crippen molar-refractivity contribution in [2.45, 2.75) is 44.8 Å². The van der Waals surface area contributed by atoms with Crippen LogP contribution in [0.3, 0.4) is 0 Å². The van der Waals surface area contributed by atoms with E-state index >= 15 is 0 Å². The first-order valence-corrected chi connectivity index (χ1v) is 11.1. The lowest BCUT2D eigenvalue weighted by atomic mass is 9.98. The smallest absolute Gasteiger partial charge is 0.407 e. The van der Waals surface area contributed by atoms with Gasteiger partial charge in [-0.2, -0.15) is 0 Å². The third kappa shape index (κ3) is 6.55. The van der Waals surface area contributed by atoms with E-state index in [1.54, 1.807) is 13.8 Å². The van der Waals surface area contributed by atoms with Gasteiger partial charge in [0.25, 0.3) is 0 Å². The van der Waals surface area contributed by atoms with Gasteiger partial charge in [-0.3, -0.25) is 9.59 Å². The van der Waals surface area contributed by atoms with Gasteiger partial charge >= 0.3 is 12.1 Å². The zero-order valence-electron chi connectivity index (χ0n) is 18.9. The molecule has 1 aliphatic rings. The molecule has 0 saturated heterocycles. The number of carbonyl (C=O) groups is 3. The van der Waals surface area contributed by atoms with Gasteiger partial charge in [-0.05, 0) is 36.1 Å². The number of hydrogen-bond donors (Lipinski definition) is 3. The number of carbonyl (C=O) groups excluding carboxylic acids is 2. The summed E-state index contributed by atoms with van der Waals surface area (Å²) in [5.74, 6) is -1.36. The van der Waals surface area contributed by atoms with Crippen molar-refractivity contribution in [3.8, 4) is 11.1 Å². The Hall–Kier alpha value is -3.39. The number of carboxylic acid groups (broad SMARTS) is 1. The fourth-order valence-electron chi connectivity index (χ4n) is 4.13. The Labute approximate surface area is 193 Å². The first kappa shape index (κ1) is 24.3. The number of ether oxygens (including phenoxy) is 2. The first-order valence-electron chi connectivity index (χ1n) is 11.1. The van der Waals surface area contributed by atoms with Crippen LogP contribution in [0.5, 0.6) is 0 Å². The highest BCUT2D eigenvalue weighted by molar-refractivity contribution is 5.79. The molecule has 8 heteroatoms. The third-order valence-electron chi connectivity index (χ3n) is 5.52. The van der Waals surface area contributed by atoms with E-state index in [0.717, 1.165) is 22.3 Å². The molecular formula is C25H30N2O6. The monoisotopic (exact) mass is 454 g/mol. The SMILES string of the molecule is CCOC(CNC(=O)OCC1c2ccccc2-c2ccccc21)CC(=O)NC(C)CC(=O)O. The number of nitrogens with one attached hydrogen (secondary N) is 2. The van der Waals surface area contributed by atoms with E-state index in [9.17, 15) is 14.4 Å². The molecule has 2 aromatic carbocycles. The molecule has 8 nitrogen and oxygen atoms in total. The molecule has 3 rings (SSSR count). The maximum absolute atomic E-state index is 12.4. The molecule has 2 amide bonds. The van der Waals surface area contributed by atoms with Crippen LogP contribution in [-0.2, 0) is 19.1 Å². The minimum Gasteiger partial charge on any atom is -0.481 e. The fraction of sp³-hybridized carbons (Fsp3) is 0.400. The van der Waals surface area contributed by atoms with Gasteiger partial charge in [0.15, 0.2) is 0 Å². The van der Waals surface area contributed by atoms with Gasteiger partial charge in [0.2, 0.25) is 5.91 Å². The maximum Gasteiger partial charge on any atom is 0.407 e. The third-order valence-corrected chi connectivity index (χ3v) is 5.52. The standard InChI is InChI=1S/C25H30N2O6/c1-3-32-17(13-23(28)27-16(2)12-24(29)30)14-26-25(31)33-15-22-20-10-6-4-8-18(20)19-9-5-7-11-21(19)22/h4-11,16-17,22H,3,12-15H2,1-2H3,(H,26,31)(H,27,28)(H,29,30). The molecule has 0 radical (unpaired) electrons. The lowest BCUT2D eigenvalue weighted by Crippen LogP contribution is -2.40. The van der Waals surface area contributed by atoms with Crippen LogP contribution < -0.4 is 10.6 Å². The number of aliphatic carboxylic acids is 1. The zero-order valence-corrected chi connectivity index (χ0v) is 18.9. The second kappa shape index (κ2) is 11.5. The summed E-state index contributed by atoms with van der Waals surface area (Å²) in [6.07, 6.45) is -1.29. The molecular weight excluding hydrogens is 424 g/mol. The predicted molar refractivity (Wildman–Crippen MR) is 123 cm³/mol. The van der Waals surface area contributed by atoms with E-state index in [-0.39, 0.29) is 37.8 Å². The van der Waals surface area contributed by atoms with Crippen molar-refractivity contribution in [3.05, 3.63) is 59.7 Å².